The van der Waals surface area contributed by atoms with Gasteiger partial charge in [0.1, 0.15) is 34.3 Å². The number of amides is 1. The molecular weight excluding hydrogens is 473 g/mol. The first kappa shape index (κ1) is 23.7. The summed E-state index contributed by atoms with van der Waals surface area (Å²) in [5, 5.41) is 23.1. The first-order valence-corrected chi connectivity index (χ1v) is 12.7. The van der Waals surface area contributed by atoms with Crippen LogP contribution in [-0.2, 0) is 17.6 Å². The molecule has 1 spiro atoms. The number of benzene rings is 1. The van der Waals surface area contributed by atoms with Crippen LogP contribution in [0.3, 0.4) is 0 Å². The van der Waals surface area contributed by atoms with Crippen LogP contribution in [0, 0.1) is 5.82 Å². The Kier molecular flexibility index (Phi) is 5.61. The summed E-state index contributed by atoms with van der Waals surface area (Å²) >= 11 is 0. The van der Waals surface area contributed by atoms with Crippen molar-refractivity contribution in [3.05, 3.63) is 64.7 Å². The van der Waals surface area contributed by atoms with E-state index in [4.69, 9.17) is 0 Å². The van der Waals surface area contributed by atoms with E-state index in [2.05, 4.69) is 48.4 Å². The third-order valence-electron chi connectivity index (χ3n) is 7.18. The summed E-state index contributed by atoms with van der Waals surface area (Å²) < 4.78 is 14.3. The highest BCUT2D eigenvalue weighted by Gasteiger charge is 2.46. The van der Waals surface area contributed by atoms with Gasteiger partial charge in [0.2, 0.25) is 5.95 Å². The summed E-state index contributed by atoms with van der Waals surface area (Å²) in [6.07, 6.45) is 5.79. The van der Waals surface area contributed by atoms with Crippen LogP contribution in [0.2, 0.25) is 0 Å². The predicted molar refractivity (Wildman–Crippen MR) is 138 cm³/mol. The Bertz CT molecular complexity index is 1380. The van der Waals surface area contributed by atoms with E-state index in [1.165, 1.54) is 56.1 Å². The molecule has 1 amide bonds. The Morgan fingerprint density at radius 1 is 1.16 bits per heavy atom. The van der Waals surface area contributed by atoms with Crippen molar-refractivity contribution in [1.82, 2.24) is 25.6 Å². The van der Waals surface area contributed by atoms with E-state index in [1.807, 2.05) is 6.07 Å². The Labute approximate surface area is 214 Å². The fraction of sp³-hybridized carbons (Fsp3) is 0.407. The third-order valence-corrected chi connectivity index (χ3v) is 7.18. The molecular formula is C27H30FN7O2. The van der Waals surface area contributed by atoms with E-state index in [1.54, 1.807) is 0 Å². The number of nitrogens with zero attached hydrogens (tertiary/aromatic N) is 3. The maximum Gasteiger partial charge on any atom is 0.256 e. The monoisotopic (exact) mass is 503 g/mol. The summed E-state index contributed by atoms with van der Waals surface area (Å²) in [5.41, 5.74) is 2.49. The second-order valence-electron chi connectivity index (χ2n) is 10.8. The number of fused-ring (bicyclic) bond motifs is 2. The van der Waals surface area contributed by atoms with Gasteiger partial charge < -0.3 is 26.4 Å². The Balaban J connectivity index is 1.30. The van der Waals surface area contributed by atoms with Gasteiger partial charge in [0.15, 0.2) is 0 Å². The van der Waals surface area contributed by atoms with E-state index in [9.17, 15) is 14.3 Å². The molecule has 2 aromatic heterocycles. The lowest BCUT2D eigenvalue weighted by Gasteiger charge is -2.26. The van der Waals surface area contributed by atoms with Gasteiger partial charge in [-0.15, -0.1) is 0 Å². The number of hydrogen-bond acceptors (Lipinski definition) is 8. The minimum atomic E-state index is -1.48. The quantitative estimate of drug-likeness (QED) is 0.330. The number of rotatable bonds is 7. The molecule has 9 nitrogen and oxygen atoms in total. The van der Waals surface area contributed by atoms with Crippen molar-refractivity contribution in [3.8, 4) is 0 Å². The SMILES string of the molecule is CC(C)(O)c1nc(Nc2nc(Nc3ccc4c(c3)CNCC43CC3)ncc2C(=O)NC2CC2)ccc1F. The van der Waals surface area contributed by atoms with Gasteiger partial charge in [0, 0.05) is 36.4 Å². The van der Waals surface area contributed by atoms with Crippen LogP contribution in [0.15, 0.2) is 36.5 Å². The highest BCUT2D eigenvalue weighted by atomic mass is 19.1. The molecule has 37 heavy (non-hydrogen) atoms. The van der Waals surface area contributed by atoms with Crippen LogP contribution >= 0.6 is 0 Å². The van der Waals surface area contributed by atoms with E-state index in [0.29, 0.717) is 11.4 Å². The van der Waals surface area contributed by atoms with E-state index < -0.39 is 11.4 Å². The summed E-state index contributed by atoms with van der Waals surface area (Å²) in [6.45, 7) is 4.77. The molecule has 3 heterocycles. The summed E-state index contributed by atoms with van der Waals surface area (Å²) in [7, 11) is 0. The summed E-state index contributed by atoms with van der Waals surface area (Å²) in [4.78, 5) is 26.1. The number of aliphatic hydroxyl groups is 1. The predicted octanol–water partition coefficient (Wildman–Crippen LogP) is 3.75. The zero-order valence-corrected chi connectivity index (χ0v) is 20.9. The number of halogens is 1. The Morgan fingerprint density at radius 3 is 2.70 bits per heavy atom. The van der Waals surface area contributed by atoms with Crippen LogP contribution < -0.4 is 21.3 Å². The Hall–Kier alpha value is -3.63. The molecule has 2 aliphatic carbocycles. The molecule has 3 aromatic rings. The molecule has 0 saturated heterocycles. The lowest BCUT2D eigenvalue weighted by atomic mass is 9.88. The molecule has 0 atom stereocenters. The van der Waals surface area contributed by atoms with Gasteiger partial charge in [0.25, 0.3) is 5.91 Å². The number of aromatic nitrogens is 3. The smallest absolute Gasteiger partial charge is 0.256 e. The number of anilines is 4. The van der Waals surface area contributed by atoms with Crippen LogP contribution in [-0.4, -0.2) is 38.6 Å². The molecule has 0 bridgehead atoms. The lowest BCUT2D eigenvalue weighted by molar-refractivity contribution is 0.0696. The minimum Gasteiger partial charge on any atom is -0.384 e. The van der Waals surface area contributed by atoms with E-state index in [-0.39, 0.29) is 34.8 Å². The van der Waals surface area contributed by atoms with Crippen molar-refractivity contribution in [2.75, 3.05) is 17.2 Å². The number of carbonyl (C=O) groups excluding carboxylic acids is 1. The highest BCUT2D eigenvalue weighted by Crippen LogP contribution is 2.50. The van der Waals surface area contributed by atoms with Gasteiger partial charge >= 0.3 is 0 Å². The maximum atomic E-state index is 14.3. The van der Waals surface area contributed by atoms with Gasteiger partial charge in [0.05, 0.1) is 0 Å². The summed E-state index contributed by atoms with van der Waals surface area (Å²) in [6, 6.07) is 9.15. The zero-order valence-electron chi connectivity index (χ0n) is 20.9. The maximum absolute atomic E-state index is 14.3. The van der Waals surface area contributed by atoms with Crippen LogP contribution in [0.1, 0.15) is 66.7 Å². The lowest BCUT2D eigenvalue weighted by Crippen LogP contribution is -2.33. The first-order chi connectivity index (χ1) is 17.7. The average molecular weight is 504 g/mol. The van der Waals surface area contributed by atoms with Gasteiger partial charge in [-0.3, -0.25) is 4.79 Å². The number of carbonyl (C=O) groups is 1. The molecule has 1 aliphatic heterocycles. The molecule has 2 saturated carbocycles. The van der Waals surface area contributed by atoms with Crippen molar-refractivity contribution in [2.24, 2.45) is 0 Å². The highest BCUT2D eigenvalue weighted by molar-refractivity contribution is 5.99. The molecule has 2 fully saturated rings. The zero-order chi connectivity index (χ0) is 25.8. The molecule has 1 aromatic carbocycles. The van der Waals surface area contributed by atoms with Crippen molar-refractivity contribution in [1.29, 1.82) is 0 Å². The standard InChI is InChI=1S/C27H30FN7O2/c1-26(2,37)22-20(28)7-8-21(33-22)34-23-18(24(36)31-16-3-4-16)13-30-25(35-23)32-17-5-6-19-15(11-17)12-29-14-27(19)9-10-27/h5-8,11,13,16,29,37H,3-4,9-10,12,14H2,1-2H3,(H,31,36)(H2,30,32,33,34,35). The van der Waals surface area contributed by atoms with Crippen LogP contribution in [0.4, 0.5) is 27.7 Å². The van der Waals surface area contributed by atoms with Crippen LogP contribution in [0.5, 0.6) is 0 Å². The minimum absolute atomic E-state index is 0.106. The second kappa shape index (κ2) is 8.74. The van der Waals surface area contributed by atoms with Crippen molar-refractivity contribution in [3.63, 3.8) is 0 Å². The molecule has 192 valence electrons. The van der Waals surface area contributed by atoms with Gasteiger partial charge in [-0.05, 0) is 74.9 Å². The number of hydrogen-bond donors (Lipinski definition) is 5. The second-order valence-corrected chi connectivity index (χ2v) is 10.8. The van der Waals surface area contributed by atoms with Gasteiger partial charge in [-0.2, -0.15) is 4.98 Å². The van der Waals surface area contributed by atoms with Gasteiger partial charge in [-0.1, -0.05) is 6.07 Å². The van der Waals surface area contributed by atoms with Crippen molar-refractivity contribution in [2.45, 2.75) is 63.1 Å². The normalized spacial score (nSPS) is 17.7. The van der Waals surface area contributed by atoms with E-state index in [0.717, 1.165) is 31.6 Å². The molecule has 0 radical (unpaired) electrons. The molecule has 0 unspecified atom stereocenters. The van der Waals surface area contributed by atoms with Crippen molar-refractivity contribution < 1.29 is 14.3 Å². The average Bonchev–Trinajstić information content (AvgIpc) is 3.78. The molecule has 5 N–H and O–H groups in total. The summed E-state index contributed by atoms with van der Waals surface area (Å²) in [5.74, 6) is -0.132. The van der Waals surface area contributed by atoms with E-state index >= 15 is 0 Å². The molecule has 3 aliphatic rings. The fourth-order valence-corrected chi connectivity index (χ4v) is 4.85. The Morgan fingerprint density at radius 2 is 1.97 bits per heavy atom. The first-order valence-electron chi connectivity index (χ1n) is 12.7. The third kappa shape index (κ3) is 4.86. The van der Waals surface area contributed by atoms with Gasteiger partial charge in [-0.25, -0.2) is 14.4 Å². The fourth-order valence-electron chi connectivity index (χ4n) is 4.85. The largest absolute Gasteiger partial charge is 0.384 e. The van der Waals surface area contributed by atoms with Crippen LogP contribution in [0.25, 0.3) is 0 Å². The van der Waals surface area contributed by atoms with Crippen molar-refractivity contribution >= 4 is 29.2 Å². The number of pyridine rings is 1. The molecule has 6 rings (SSSR count). The number of nitrogens with one attached hydrogen (secondary N) is 4. The molecule has 10 heteroatoms. The topological polar surface area (TPSA) is 124 Å².